The minimum Gasteiger partial charge on any atom is -0.389 e. The molecular weight excluding hydrogens is 204 g/mol. The summed E-state index contributed by atoms with van der Waals surface area (Å²) in [5.74, 6) is 0. The minimum absolute atomic E-state index is 0.363. The zero-order valence-corrected chi connectivity index (χ0v) is 10.6. The van der Waals surface area contributed by atoms with Crippen LogP contribution < -0.4 is 5.73 Å². The molecule has 0 spiro atoms. The highest BCUT2D eigenvalue weighted by atomic mass is 16.5. The average molecular weight is 230 g/mol. The fraction of sp³-hybridized carbons (Fsp3) is 1.00. The molecule has 2 atom stereocenters. The number of nitrogens with two attached hydrogens (primary N) is 1. The van der Waals surface area contributed by atoms with Crippen molar-refractivity contribution in [3.05, 3.63) is 0 Å². The smallest absolute Gasteiger partial charge is 0.0767 e. The van der Waals surface area contributed by atoms with Crippen molar-refractivity contribution in [1.82, 2.24) is 4.90 Å². The summed E-state index contributed by atoms with van der Waals surface area (Å²) in [4.78, 5) is 2.43. The standard InChI is InChI=1S/C12H26N2O2/c1-3-12(15,10-13)5-4-6-14-7-8-16-9-11(14)2/h11,15H,3-10,13H2,1-2H3. The second-order valence-corrected chi connectivity index (χ2v) is 4.85. The van der Waals surface area contributed by atoms with Crippen LogP contribution in [0.3, 0.4) is 0 Å². The molecule has 0 aromatic carbocycles. The zero-order valence-electron chi connectivity index (χ0n) is 10.6. The van der Waals surface area contributed by atoms with E-state index >= 15 is 0 Å². The molecule has 96 valence electrons. The summed E-state index contributed by atoms with van der Waals surface area (Å²) in [5, 5.41) is 10.1. The number of rotatable bonds is 6. The maximum absolute atomic E-state index is 10.1. The average Bonchev–Trinajstić information content (AvgIpc) is 2.31. The highest BCUT2D eigenvalue weighted by Gasteiger charge is 2.23. The second kappa shape index (κ2) is 6.55. The Bertz CT molecular complexity index is 195. The minimum atomic E-state index is -0.657. The number of hydrogen-bond acceptors (Lipinski definition) is 4. The lowest BCUT2D eigenvalue weighted by atomic mass is 9.94. The van der Waals surface area contributed by atoms with E-state index in [9.17, 15) is 5.11 Å². The van der Waals surface area contributed by atoms with Crippen LogP contribution in [0.25, 0.3) is 0 Å². The summed E-state index contributed by atoms with van der Waals surface area (Å²) in [6.07, 6.45) is 2.54. The predicted molar refractivity (Wildman–Crippen MR) is 65.4 cm³/mol. The van der Waals surface area contributed by atoms with Gasteiger partial charge in [0.2, 0.25) is 0 Å². The van der Waals surface area contributed by atoms with Gasteiger partial charge in [-0.15, -0.1) is 0 Å². The van der Waals surface area contributed by atoms with Crippen LogP contribution in [0.1, 0.15) is 33.1 Å². The highest BCUT2D eigenvalue weighted by Crippen LogP contribution is 2.17. The topological polar surface area (TPSA) is 58.7 Å². The molecule has 1 fully saturated rings. The van der Waals surface area contributed by atoms with Crippen LogP contribution in [0.5, 0.6) is 0 Å². The molecule has 4 nitrogen and oxygen atoms in total. The highest BCUT2D eigenvalue weighted by molar-refractivity contribution is 4.79. The van der Waals surface area contributed by atoms with E-state index < -0.39 is 5.60 Å². The number of aliphatic hydroxyl groups is 1. The van der Waals surface area contributed by atoms with Crippen molar-refractivity contribution in [2.24, 2.45) is 5.73 Å². The van der Waals surface area contributed by atoms with Crippen molar-refractivity contribution >= 4 is 0 Å². The van der Waals surface area contributed by atoms with E-state index in [2.05, 4.69) is 11.8 Å². The molecule has 2 unspecified atom stereocenters. The summed E-state index contributed by atoms with van der Waals surface area (Å²) in [6, 6.07) is 0.501. The van der Waals surface area contributed by atoms with E-state index in [1.807, 2.05) is 6.92 Å². The molecule has 0 bridgehead atoms. The van der Waals surface area contributed by atoms with Crippen molar-refractivity contribution < 1.29 is 9.84 Å². The molecule has 16 heavy (non-hydrogen) atoms. The Morgan fingerprint density at radius 3 is 2.88 bits per heavy atom. The first-order valence-corrected chi connectivity index (χ1v) is 6.35. The molecule has 1 saturated heterocycles. The van der Waals surface area contributed by atoms with Gasteiger partial charge in [-0.1, -0.05) is 6.92 Å². The Morgan fingerprint density at radius 1 is 1.56 bits per heavy atom. The van der Waals surface area contributed by atoms with Gasteiger partial charge in [0.25, 0.3) is 0 Å². The molecule has 0 radical (unpaired) electrons. The molecule has 1 aliphatic heterocycles. The Labute approximate surface area is 98.8 Å². The largest absolute Gasteiger partial charge is 0.389 e. The predicted octanol–water partition coefficient (Wildman–Crippen LogP) is 0.587. The maximum Gasteiger partial charge on any atom is 0.0767 e. The van der Waals surface area contributed by atoms with Crippen LogP contribution in [0.15, 0.2) is 0 Å². The normalized spacial score (nSPS) is 26.6. The summed E-state index contributed by atoms with van der Waals surface area (Å²) < 4.78 is 5.39. The van der Waals surface area contributed by atoms with Gasteiger partial charge < -0.3 is 15.6 Å². The third-order valence-corrected chi connectivity index (χ3v) is 3.63. The van der Waals surface area contributed by atoms with Crippen LogP contribution in [-0.2, 0) is 4.74 Å². The van der Waals surface area contributed by atoms with Gasteiger partial charge in [0, 0.05) is 19.1 Å². The van der Waals surface area contributed by atoms with E-state index in [4.69, 9.17) is 10.5 Å². The van der Waals surface area contributed by atoms with Crippen LogP contribution in [-0.4, -0.2) is 54.5 Å². The molecular formula is C12H26N2O2. The summed E-state index contributed by atoms with van der Waals surface area (Å²) in [6.45, 7) is 8.25. The molecule has 0 aliphatic carbocycles. The van der Waals surface area contributed by atoms with Crippen LogP contribution in [0.4, 0.5) is 0 Å². The fourth-order valence-electron chi connectivity index (χ4n) is 2.13. The first-order valence-electron chi connectivity index (χ1n) is 6.35. The second-order valence-electron chi connectivity index (χ2n) is 4.85. The van der Waals surface area contributed by atoms with Crippen molar-refractivity contribution in [1.29, 1.82) is 0 Å². The van der Waals surface area contributed by atoms with Gasteiger partial charge in [-0.25, -0.2) is 0 Å². The van der Waals surface area contributed by atoms with Crippen LogP contribution in [0.2, 0.25) is 0 Å². The van der Waals surface area contributed by atoms with Crippen molar-refractivity contribution in [3.63, 3.8) is 0 Å². The molecule has 0 saturated carbocycles. The Kier molecular flexibility index (Phi) is 5.69. The summed E-state index contributed by atoms with van der Waals surface area (Å²) in [5.41, 5.74) is 4.92. The van der Waals surface area contributed by atoms with Crippen LogP contribution >= 0.6 is 0 Å². The van der Waals surface area contributed by atoms with Gasteiger partial charge in [-0.3, -0.25) is 4.90 Å². The third-order valence-electron chi connectivity index (χ3n) is 3.63. The quantitative estimate of drug-likeness (QED) is 0.701. The van der Waals surface area contributed by atoms with Gasteiger partial charge in [0.15, 0.2) is 0 Å². The SMILES string of the molecule is CCC(O)(CN)CCCN1CCOCC1C. The third kappa shape index (κ3) is 4.01. The van der Waals surface area contributed by atoms with E-state index in [1.54, 1.807) is 0 Å². The molecule has 1 rings (SSSR count). The van der Waals surface area contributed by atoms with E-state index in [0.717, 1.165) is 45.6 Å². The number of hydrogen-bond donors (Lipinski definition) is 2. The number of morpholine rings is 1. The monoisotopic (exact) mass is 230 g/mol. The van der Waals surface area contributed by atoms with Gasteiger partial charge in [0.05, 0.1) is 18.8 Å². The molecule has 0 amide bonds. The van der Waals surface area contributed by atoms with Crippen molar-refractivity contribution in [2.45, 2.75) is 44.8 Å². The van der Waals surface area contributed by atoms with E-state index in [1.165, 1.54) is 0 Å². The number of ether oxygens (including phenoxy) is 1. The van der Waals surface area contributed by atoms with Gasteiger partial charge >= 0.3 is 0 Å². The van der Waals surface area contributed by atoms with Crippen LogP contribution in [0, 0.1) is 0 Å². The molecule has 4 heteroatoms. The van der Waals surface area contributed by atoms with Gasteiger partial charge in [-0.2, -0.15) is 0 Å². The van der Waals surface area contributed by atoms with Gasteiger partial charge in [0.1, 0.15) is 0 Å². The van der Waals surface area contributed by atoms with Gasteiger partial charge in [-0.05, 0) is 32.7 Å². The molecule has 0 aromatic heterocycles. The van der Waals surface area contributed by atoms with E-state index in [-0.39, 0.29) is 0 Å². The van der Waals surface area contributed by atoms with Crippen molar-refractivity contribution in [3.8, 4) is 0 Å². The lowest BCUT2D eigenvalue weighted by molar-refractivity contribution is -0.00853. The first kappa shape index (κ1) is 13.9. The van der Waals surface area contributed by atoms with E-state index in [0.29, 0.717) is 12.6 Å². The lowest BCUT2D eigenvalue weighted by Crippen LogP contribution is -2.45. The lowest BCUT2D eigenvalue weighted by Gasteiger charge is -2.34. The first-order chi connectivity index (χ1) is 7.61. The van der Waals surface area contributed by atoms with Crippen molar-refractivity contribution in [2.75, 3.05) is 32.8 Å². The molecule has 1 aliphatic rings. The maximum atomic E-state index is 10.1. The fourth-order valence-corrected chi connectivity index (χ4v) is 2.13. The number of nitrogens with zero attached hydrogens (tertiary/aromatic N) is 1. The summed E-state index contributed by atoms with van der Waals surface area (Å²) >= 11 is 0. The molecule has 1 heterocycles. The molecule has 0 aromatic rings. The Morgan fingerprint density at radius 2 is 2.31 bits per heavy atom. The molecule has 3 N–H and O–H groups in total. The Hall–Kier alpha value is -0.160. The summed E-state index contributed by atoms with van der Waals surface area (Å²) in [7, 11) is 0. The Balaban J connectivity index is 2.23. The zero-order chi connectivity index (χ0) is 12.0.